The zero-order chi connectivity index (χ0) is 18.5. The Morgan fingerprint density at radius 3 is 1.79 bits per heavy atom. The van der Waals surface area contributed by atoms with Gasteiger partial charge in [0.15, 0.2) is 0 Å². The Kier molecular flexibility index (Phi) is 6.42. The van der Waals surface area contributed by atoms with Gasteiger partial charge in [0.2, 0.25) is 0 Å². The van der Waals surface area contributed by atoms with Gasteiger partial charge in [-0.25, -0.2) is 9.59 Å². The third kappa shape index (κ3) is 6.62. The van der Waals surface area contributed by atoms with Crippen LogP contribution in [0.4, 0.5) is 9.59 Å². The molecule has 0 aliphatic rings. The first-order valence-corrected chi connectivity index (χ1v) is 9.43. The largest absolute Gasteiger partial charge is 0.503 e. The Bertz CT molecular complexity index is 599. The SMILES string of the molecule is Cc1ccc(OC(=O)N=NC(=O)O[SiH](C(C)(C)C)C(C)(C)C)cc1. The lowest BCUT2D eigenvalue weighted by Crippen LogP contribution is -2.39. The normalized spacial score (nSPS) is 12.5. The Labute approximate surface area is 145 Å². The fourth-order valence-electron chi connectivity index (χ4n) is 2.59. The van der Waals surface area contributed by atoms with Crippen molar-refractivity contribution in [3.05, 3.63) is 29.8 Å². The maximum Gasteiger partial charge on any atom is 0.458 e. The summed E-state index contributed by atoms with van der Waals surface area (Å²) in [5, 5.41) is 6.33. The van der Waals surface area contributed by atoms with Crippen LogP contribution in [0.1, 0.15) is 47.1 Å². The van der Waals surface area contributed by atoms with Crippen LogP contribution in [0.3, 0.4) is 0 Å². The average Bonchev–Trinajstić information content (AvgIpc) is 2.42. The van der Waals surface area contributed by atoms with E-state index in [4.69, 9.17) is 9.16 Å². The smallest absolute Gasteiger partial charge is 0.458 e. The topological polar surface area (TPSA) is 77.3 Å². The molecule has 0 aromatic heterocycles. The molecule has 0 heterocycles. The lowest BCUT2D eigenvalue weighted by Gasteiger charge is -2.36. The molecule has 7 heteroatoms. The predicted molar refractivity (Wildman–Crippen MR) is 95.1 cm³/mol. The van der Waals surface area contributed by atoms with Gasteiger partial charge in [0.05, 0.1) is 0 Å². The van der Waals surface area contributed by atoms with Crippen LogP contribution in [0.15, 0.2) is 34.5 Å². The fraction of sp³-hybridized carbons (Fsp3) is 0.529. The molecule has 132 valence electrons. The predicted octanol–water partition coefficient (Wildman–Crippen LogP) is 5.41. The molecule has 24 heavy (non-hydrogen) atoms. The molecule has 0 bridgehead atoms. The molecule has 0 aliphatic heterocycles. The number of carbonyl (C=O) groups excluding carboxylic acids is 2. The van der Waals surface area contributed by atoms with Crippen LogP contribution in [-0.4, -0.2) is 21.2 Å². The molecule has 0 fully saturated rings. The van der Waals surface area contributed by atoms with Gasteiger partial charge < -0.3 is 9.16 Å². The van der Waals surface area contributed by atoms with Crippen molar-refractivity contribution in [2.45, 2.75) is 58.5 Å². The summed E-state index contributed by atoms with van der Waals surface area (Å²) in [7, 11) is -1.96. The van der Waals surface area contributed by atoms with Crippen molar-refractivity contribution in [1.29, 1.82) is 0 Å². The Hall–Kier alpha value is -2.02. The van der Waals surface area contributed by atoms with E-state index in [-0.39, 0.29) is 10.1 Å². The molecule has 1 aromatic rings. The molecule has 0 N–H and O–H groups in total. The van der Waals surface area contributed by atoms with Gasteiger partial charge >= 0.3 is 12.2 Å². The van der Waals surface area contributed by atoms with Gasteiger partial charge in [-0.3, -0.25) is 0 Å². The summed E-state index contributed by atoms with van der Waals surface area (Å²) in [5.74, 6) is 0.342. The van der Waals surface area contributed by atoms with Crippen molar-refractivity contribution >= 4 is 21.2 Å². The van der Waals surface area contributed by atoms with Crippen molar-refractivity contribution in [2.24, 2.45) is 10.2 Å². The van der Waals surface area contributed by atoms with Crippen molar-refractivity contribution in [1.82, 2.24) is 0 Å². The van der Waals surface area contributed by atoms with E-state index >= 15 is 0 Å². The van der Waals surface area contributed by atoms with Gasteiger partial charge in [0.25, 0.3) is 9.04 Å². The molecule has 6 nitrogen and oxygen atoms in total. The molecule has 0 saturated heterocycles. The highest BCUT2D eigenvalue weighted by Gasteiger charge is 2.41. The van der Waals surface area contributed by atoms with E-state index in [0.717, 1.165) is 5.56 Å². The molecule has 0 atom stereocenters. The summed E-state index contributed by atoms with van der Waals surface area (Å²) < 4.78 is 10.5. The van der Waals surface area contributed by atoms with Crippen LogP contribution in [0.5, 0.6) is 5.75 Å². The van der Waals surface area contributed by atoms with E-state index in [2.05, 4.69) is 10.2 Å². The molecule has 0 radical (unpaired) electrons. The number of rotatable bonds is 2. The van der Waals surface area contributed by atoms with Crippen LogP contribution in [0.25, 0.3) is 0 Å². The number of amides is 2. The lowest BCUT2D eigenvalue weighted by atomic mass is 10.2. The second kappa shape index (κ2) is 7.70. The summed E-state index contributed by atoms with van der Waals surface area (Å²) in [4.78, 5) is 23.5. The van der Waals surface area contributed by atoms with Gasteiger partial charge in [-0.15, -0.1) is 0 Å². The van der Waals surface area contributed by atoms with Gasteiger partial charge in [-0.1, -0.05) is 69.5 Å². The maximum atomic E-state index is 11.9. The summed E-state index contributed by atoms with van der Waals surface area (Å²) in [6, 6.07) is 6.89. The Balaban J connectivity index is 2.67. The second-order valence-electron chi connectivity index (χ2n) is 7.88. The summed E-state index contributed by atoms with van der Waals surface area (Å²) in [5.41, 5.74) is 1.04. The number of benzene rings is 1. The highest BCUT2D eigenvalue weighted by Crippen LogP contribution is 2.42. The molecule has 1 rings (SSSR count). The maximum absolute atomic E-state index is 11.9. The summed E-state index contributed by atoms with van der Waals surface area (Å²) in [6.07, 6.45) is -1.81. The van der Waals surface area contributed by atoms with E-state index in [1.807, 2.05) is 48.5 Å². The zero-order valence-corrected chi connectivity index (χ0v) is 16.6. The molecule has 1 aromatic carbocycles. The molecular formula is C17H26N2O4Si. The van der Waals surface area contributed by atoms with E-state index < -0.39 is 21.2 Å². The fourth-order valence-corrected chi connectivity index (χ4v) is 6.14. The first-order chi connectivity index (χ1) is 10.9. The lowest BCUT2D eigenvalue weighted by molar-refractivity contribution is 0.197. The molecule has 0 aliphatic carbocycles. The standard InChI is InChI=1S/C17H26N2O4Si/c1-12-8-10-13(11-9-12)22-14(20)18-19-15(21)23-24(16(2,3)4)17(5,6)7/h8-11,24H,1-7H3. The van der Waals surface area contributed by atoms with E-state index in [1.54, 1.807) is 24.3 Å². The van der Waals surface area contributed by atoms with E-state index in [0.29, 0.717) is 5.75 Å². The van der Waals surface area contributed by atoms with Crippen LogP contribution in [0, 0.1) is 6.92 Å². The Morgan fingerprint density at radius 1 is 0.875 bits per heavy atom. The van der Waals surface area contributed by atoms with Crippen LogP contribution < -0.4 is 4.74 Å². The van der Waals surface area contributed by atoms with E-state index in [1.165, 1.54) is 0 Å². The number of nitrogens with zero attached hydrogens (tertiary/aromatic N) is 2. The van der Waals surface area contributed by atoms with Gasteiger partial charge in [-0.05, 0) is 29.1 Å². The first-order valence-electron chi connectivity index (χ1n) is 7.80. The monoisotopic (exact) mass is 350 g/mol. The van der Waals surface area contributed by atoms with Crippen molar-refractivity contribution in [3.63, 3.8) is 0 Å². The van der Waals surface area contributed by atoms with Crippen molar-refractivity contribution in [3.8, 4) is 5.75 Å². The van der Waals surface area contributed by atoms with Crippen LogP contribution >= 0.6 is 0 Å². The highest BCUT2D eigenvalue weighted by atomic mass is 28.3. The van der Waals surface area contributed by atoms with Crippen LogP contribution in [-0.2, 0) is 4.43 Å². The molecule has 0 spiro atoms. The molecular weight excluding hydrogens is 324 g/mol. The number of carbonyl (C=O) groups is 2. The quantitative estimate of drug-likeness (QED) is 0.528. The third-order valence-corrected chi connectivity index (χ3v) is 6.81. The van der Waals surface area contributed by atoms with Gasteiger partial charge in [0.1, 0.15) is 5.75 Å². The molecule has 2 amide bonds. The minimum absolute atomic E-state index is 0.133. The van der Waals surface area contributed by atoms with E-state index in [9.17, 15) is 9.59 Å². The Morgan fingerprint density at radius 2 is 1.33 bits per heavy atom. The summed E-state index contributed by atoms with van der Waals surface area (Å²) in [6.45, 7) is 14.1. The van der Waals surface area contributed by atoms with Crippen molar-refractivity contribution in [2.75, 3.05) is 0 Å². The minimum Gasteiger partial charge on any atom is -0.503 e. The number of hydrogen-bond acceptors (Lipinski definition) is 4. The summed E-state index contributed by atoms with van der Waals surface area (Å²) >= 11 is 0. The third-order valence-electron chi connectivity index (χ3n) is 3.23. The van der Waals surface area contributed by atoms with Gasteiger partial charge in [0, 0.05) is 0 Å². The average molecular weight is 350 g/mol. The molecule has 0 saturated carbocycles. The van der Waals surface area contributed by atoms with Crippen molar-refractivity contribution < 1.29 is 18.8 Å². The number of ether oxygens (including phenoxy) is 1. The minimum atomic E-state index is -1.96. The highest BCUT2D eigenvalue weighted by molar-refractivity contribution is 6.60. The number of azo groups is 1. The second-order valence-corrected chi connectivity index (χ2v) is 12.3. The zero-order valence-electron chi connectivity index (χ0n) is 15.4. The molecule has 0 unspecified atom stereocenters. The van der Waals surface area contributed by atoms with Crippen LogP contribution in [0.2, 0.25) is 10.1 Å². The van der Waals surface area contributed by atoms with Gasteiger partial charge in [-0.2, -0.15) is 0 Å². The first kappa shape index (κ1) is 20.0. The number of aryl methyl sites for hydroxylation is 1. The number of hydrogen-bond donors (Lipinski definition) is 0.